The lowest BCUT2D eigenvalue weighted by molar-refractivity contribution is 0.0568. The van der Waals surface area contributed by atoms with Crippen LogP contribution in [0.5, 0.6) is 0 Å². The van der Waals surface area contributed by atoms with Gasteiger partial charge in [-0.2, -0.15) is 13.1 Å². The van der Waals surface area contributed by atoms with Gasteiger partial charge in [-0.15, -0.1) is 0 Å². The number of amides is 1. The van der Waals surface area contributed by atoms with Crippen molar-refractivity contribution < 1.29 is 36.6 Å². The van der Waals surface area contributed by atoms with Crippen LogP contribution in [0.3, 0.4) is 0 Å². The SMILES string of the molecule is CC(C)(C)OC(=O)NS(=O)(=O)NCC#Cc1ccc(F)c(C(=O)O)c1F. The zero-order valence-electron chi connectivity index (χ0n) is 14.0. The number of nitrogens with one attached hydrogen (secondary N) is 2. The van der Waals surface area contributed by atoms with Crippen LogP contribution in [0.15, 0.2) is 12.1 Å². The van der Waals surface area contributed by atoms with Gasteiger partial charge in [0.1, 0.15) is 17.0 Å². The molecule has 0 saturated heterocycles. The molecule has 1 amide bonds. The zero-order chi connectivity index (χ0) is 20.1. The molecule has 0 aromatic heterocycles. The van der Waals surface area contributed by atoms with Crippen molar-refractivity contribution in [3.8, 4) is 11.8 Å². The zero-order valence-corrected chi connectivity index (χ0v) is 14.8. The van der Waals surface area contributed by atoms with E-state index in [1.165, 1.54) is 0 Å². The predicted molar refractivity (Wildman–Crippen MR) is 86.5 cm³/mol. The molecular formula is C15H16F2N2O6S. The van der Waals surface area contributed by atoms with Crippen LogP contribution >= 0.6 is 0 Å². The fraction of sp³-hybridized carbons (Fsp3) is 0.333. The topological polar surface area (TPSA) is 122 Å². The van der Waals surface area contributed by atoms with Crippen LogP contribution in [0.1, 0.15) is 36.7 Å². The Balaban J connectivity index is 2.77. The van der Waals surface area contributed by atoms with Gasteiger partial charge in [-0.3, -0.25) is 0 Å². The van der Waals surface area contributed by atoms with E-state index in [2.05, 4.69) is 11.8 Å². The van der Waals surface area contributed by atoms with Gasteiger partial charge >= 0.3 is 22.3 Å². The van der Waals surface area contributed by atoms with Gasteiger partial charge in [0.05, 0.1) is 12.1 Å². The van der Waals surface area contributed by atoms with Crippen LogP contribution in [0.4, 0.5) is 13.6 Å². The molecule has 1 aromatic rings. The Morgan fingerprint density at radius 2 is 1.88 bits per heavy atom. The quantitative estimate of drug-likeness (QED) is 0.668. The van der Waals surface area contributed by atoms with Gasteiger partial charge in [-0.25, -0.2) is 23.1 Å². The third-order valence-electron chi connectivity index (χ3n) is 2.50. The molecule has 3 N–H and O–H groups in total. The minimum absolute atomic E-state index is 0.428. The van der Waals surface area contributed by atoms with Crippen molar-refractivity contribution in [2.24, 2.45) is 0 Å². The van der Waals surface area contributed by atoms with Crippen LogP contribution in [0.2, 0.25) is 0 Å². The maximum atomic E-state index is 13.8. The minimum atomic E-state index is -4.27. The maximum Gasteiger partial charge on any atom is 0.422 e. The third-order valence-corrected chi connectivity index (χ3v) is 3.45. The van der Waals surface area contributed by atoms with Gasteiger partial charge in [-0.05, 0) is 32.9 Å². The molecule has 0 atom stereocenters. The maximum absolute atomic E-state index is 13.8. The molecule has 0 fully saturated rings. The van der Waals surface area contributed by atoms with Crippen LogP contribution in [-0.2, 0) is 14.9 Å². The summed E-state index contributed by atoms with van der Waals surface area (Å²) in [6.45, 7) is 4.10. The van der Waals surface area contributed by atoms with Gasteiger partial charge < -0.3 is 9.84 Å². The number of carboxylic acids is 1. The molecule has 11 heteroatoms. The highest BCUT2D eigenvalue weighted by Crippen LogP contribution is 2.16. The van der Waals surface area contributed by atoms with Crippen molar-refractivity contribution in [2.75, 3.05) is 6.54 Å². The fourth-order valence-electron chi connectivity index (χ4n) is 1.56. The Bertz CT molecular complexity index is 882. The number of halogens is 2. The monoisotopic (exact) mass is 390 g/mol. The molecule has 1 rings (SSSR count). The number of carboxylic acid groups (broad SMARTS) is 1. The number of carbonyl (C=O) groups is 2. The van der Waals surface area contributed by atoms with Gasteiger partial charge in [0, 0.05) is 0 Å². The summed E-state index contributed by atoms with van der Waals surface area (Å²) in [7, 11) is -4.27. The Labute approximate surface area is 148 Å². The molecule has 1 aromatic carbocycles. The van der Waals surface area contributed by atoms with Crippen LogP contribution in [0, 0.1) is 23.5 Å². The lowest BCUT2D eigenvalue weighted by Crippen LogP contribution is -2.42. The summed E-state index contributed by atoms with van der Waals surface area (Å²) >= 11 is 0. The summed E-state index contributed by atoms with van der Waals surface area (Å²) in [4.78, 5) is 22.2. The van der Waals surface area contributed by atoms with E-state index in [9.17, 15) is 26.8 Å². The highest BCUT2D eigenvalue weighted by Gasteiger charge is 2.21. The van der Waals surface area contributed by atoms with E-state index in [0.717, 1.165) is 12.1 Å². The summed E-state index contributed by atoms with van der Waals surface area (Å²) < 4.78 is 58.5. The van der Waals surface area contributed by atoms with E-state index in [-0.39, 0.29) is 0 Å². The number of hydrogen-bond acceptors (Lipinski definition) is 5. The van der Waals surface area contributed by atoms with Crippen LogP contribution < -0.4 is 9.44 Å². The van der Waals surface area contributed by atoms with Crippen molar-refractivity contribution in [2.45, 2.75) is 26.4 Å². The molecule has 142 valence electrons. The Morgan fingerprint density at radius 1 is 1.27 bits per heavy atom. The highest BCUT2D eigenvalue weighted by molar-refractivity contribution is 7.88. The smallest absolute Gasteiger partial charge is 0.422 e. The number of hydrogen-bond donors (Lipinski definition) is 3. The summed E-state index contributed by atoms with van der Waals surface area (Å²) in [5, 5.41) is 8.74. The summed E-state index contributed by atoms with van der Waals surface area (Å²) in [5.41, 5.74) is -2.49. The van der Waals surface area contributed by atoms with Crippen molar-refractivity contribution in [1.29, 1.82) is 0 Å². The summed E-state index contributed by atoms with van der Waals surface area (Å²) in [6.07, 6.45) is -1.20. The number of aromatic carboxylic acids is 1. The van der Waals surface area contributed by atoms with E-state index in [0.29, 0.717) is 0 Å². The summed E-state index contributed by atoms with van der Waals surface area (Å²) in [6, 6.07) is 1.64. The van der Waals surface area contributed by atoms with Gasteiger partial charge in [0.25, 0.3) is 0 Å². The normalized spacial score (nSPS) is 11.3. The van der Waals surface area contributed by atoms with Crippen LogP contribution in [0.25, 0.3) is 0 Å². The molecule has 0 saturated carbocycles. The second-order valence-electron chi connectivity index (χ2n) is 5.82. The number of carbonyl (C=O) groups excluding carboxylic acids is 1. The van der Waals surface area contributed by atoms with E-state index in [1.54, 1.807) is 25.5 Å². The first-order chi connectivity index (χ1) is 11.8. The largest absolute Gasteiger partial charge is 0.477 e. The van der Waals surface area contributed by atoms with Crippen molar-refractivity contribution >= 4 is 22.3 Å². The molecule has 0 aliphatic rings. The average molecular weight is 390 g/mol. The van der Waals surface area contributed by atoms with Crippen molar-refractivity contribution in [1.82, 2.24) is 9.44 Å². The van der Waals surface area contributed by atoms with Crippen molar-refractivity contribution in [3.05, 3.63) is 34.9 Å². The second-order valence-corrected chi connectivity index (χ2v) is 7.32. The Kier molecular flexibility index (Phi) is 6.66. The van der Waals surface area contributed by atoms with Crippen molar-refractivity contribution in [3.63, 3.8) is 0 Å². The standard InChI is InChI=1S/C15H16F2N2O6S/c1-15(2,3)25-14(22)19-26(23,24)18-8-4-5-9-6-7-10(16)11(12(9)17)13(20)21/h6-7,18H,8H2,1-3H3,(H,19,22)(H,20,21). The first-order valence-electron chi connectivity index (χ1n) is 7.03. The third kappa shape index (κ3) is 6.66. The first-order valence-corrected chi connectivity index (χ1v) is 8.51. The van der Waals surface area contributed by atoms with Crippen LogP contribution in [-0.4, -0.2) is 37.7 Å². The average Bonchev–Trinajstić information content (AvgIpc) is 2.42. The number of ether oxygens (including phenoxy) is 1. The molecule has 0 aliphatic heterocycles. The van der Waals surface area contributed by atoms with E-state index < -0.39 is 57.2 Å². The predicted octanol–water partition coefficient (Wildman–Crippen LogP) is 1.37. The fourth-order valence-corrected chi connectivity index (χ4v) is 2.16. The number of benzene rings is 1. The Hall–Kier alpha value is -2.71. The molecular weight excluding hydrogens is 374 g/mol. The lowest BCUT2D eigenvalue weighted by Gasteiger charge is -2.19. The van der Waals surface area contributed by atoms with E-state index >= 15 is 0 Å². The molecule has 0 spiro atoms. The first kappa shape index (κ1) is 21.3. The summed E-state index contributed by atoms with van der Waals surface area (Å²) in [5.74, 6) is -0.0450. The van der Waals surface area contributed by atoms with E-state index in [4.69, 9.17) is 9.84 Å². The van der Waals surface area contributed by atoms with Gasteiger partial charge in [-0.1, -0.05) is 11.8 Å². The van der Waals surface area contributed by atoms with Gasteiger partial charge in [0.2, 0.25) is 0 Å². The Morgan fingerprint density at radius 3 is 2.42 bits per heavy atom. The van der Waals surface area contributed by atoms with Gasteiger partial charge in [0.15, 0.2) is 5.82 Å². The second kappa shape index (κ2) is 8.11. The molecule has 0 radical (unpaired) electrons. The molecule has 0 unspecified atom stereocenters. The lowest BCUT2D eigenvalue weighted by atomic mass is 10.1. The molecule has 0 heterocycles. The molecule has 0 bridgehead atoms. The minimum Gasteiger partial charge on any atom is -0.477 e. The molecule has 0 aliphatic carbocycles. The molecule has 26 heavy (non-hydrogen) atoms. The highest BCUT2D eigenvalue weighted by atomic mass is 32.2. The number of rotatable bonds is 4. The molecule has 8 nitrogen and oxygen atoms in total. The van der Waals surface area contributed by atoms with E-state index in [1.807, 2.05) is 4.72 Å².